The standard InChI is InChI=1S/C15H17NS/c1-2-5-14-10-17-15(16-14)13-8-11-6-3-4-7-12(11)9-13/h3-4,6-7,10,13H,2,5,8-9H2,1H3. The van der Waals surface area contributed by atoms with Crippen LogP contribution in [-0.2, 0) is 19.3 Å². The van der Waals surface area contributed by atoms with Crippen molar-refractivity contribution in [1.82, 2.24) is 4.98 Å². The van der Waals surface area contributed by atoms with Gasteiger partial charge in [-0.2, -0.15) is 0 Å². The monoisotopic (exact) mass is 243 g/mol. The summed E-state index contributed by atoms with van der Waals surface area (Å²) in [5.41, 5.74) is 4.32. The molecule has 2 aromatic rings. The van der Waals surface area contributed by atoms with Crippen molar-refractivity contribution >= 4 is 11.3 Å². The minimum absolute atomic E-state index is 0.628. The van der Waals surface area contributed by atoms with Crippen molar-refractivity contribution in [1.29, 1.82) is 0 Å². The van der Waals surface area contributed by atoms with E-state index in [9.17, 15) is 0 Å². The zero-order valence-electron chi connectivity index (χ0n) is 10.1. The molecule has 0 bridgehead atoms. The summed E-state index contributed by atoms with van der Waals surface area (Å²) in [4.78, 5) is 4.78. The zero-order valence-corrected chi connectivity index (χ0v) is 11.0. The summed E-state index contributed by atoms with van der Waals surface area (Å²) >= 11 is 1.85. The fourth-order valence-corrected chi connectivity index (χ4v) is 3.57. The lowest BCUT2D eigenvalue weighted by atomic mass is 10.1. The van der Waals surface area contributed by atoms with E-state index >= 15 is 0 Å². The molecule has 1 nitrogen and oxygen atoms in total. The molecule has 0 atom stereocenters. The summed E-state index contributed by atoms with van der Waals surface area (Å²) in [6.45, 7) is 2.21. The van der Waals surface area contributed by atoms with Crippen LogP contribution in [0.5, 0.6) is 0 Å². The third-order valence-electron chi connectivity index (χ3n) is 3.48. The van der Waals surface area contributed by atoms with Crippen LogP contribution in [0.25, 0.3) is 0 Å². The Morgan fingerprint density at radius 3 is 2.59 bits per heavy atom. The smallest absolute Gasteiger partial charge is 0.0965 e. The molecule has 88 valence electrons. The zero-order chi connectivity index (χ0) is 11.7. The number of aromatic nitrogens is 1. The van der Waals surface area contributed by atoms with Crippen LogP contribution < -0.4 is 0 Å². The van der Waals surface area contributed by atoms with Gasteiger partial charge in [0, 0.05) is 11.3 Å². The number of hydrogen-bond acceptors (Lipinski definition) is 2. The molecule has 2 heteroatoms. The Balaban J connectivity index is 1.79. The molecule has 0 spiro atoms. The van der Waals surface area contributed by atoms with Gasteiger partial charge >= 0.3 is 0 Å². The molecule has 17 heavy (non-hydrogen) atoms. The normalized spacial score (nSPS) is 15.1. The maximum absolute atomic E-state index is 4.78. The Morgan fingerprint density at radius 1 is 1.24 bits per heavy atom. The first-order valence-corrected chi connectivity index (χ1v) is 7.26. The maximum Gasteiger partial charge on any atom is 0.0965 e. The highest BCUT2D eigenvalue weighted by Crippen LogP contribution is 2.35. The lowest BCUT2D eigenvalue weighted by Gasteiger charge is -2.03. The second-order valence-electron chi connectivity index (χ2n) is 4.80. The minimum atomic E-state index is 0.628. The molecule has 1 aliphatic rings. The second kappa shape index (κ2) is 4.61. The SMILES string of the molecule is CCCc1csc(C2Cc3ccccc3C2)n1. The second-order valence-corrected chi connectivity index (χ2v) is 5.69. The van der Waals surface area contributed by atoms with Gasteiger partial charge in [-0.25, -0.2) is 4.98 Å². The topological polar surface area (TPSA) is 12.9 Å². The highest BCUT2D eigenvalue weighted by Gasteiger charge is 2.24. The summed E-state index contributed by atoms with van der Waals surface area (Å²) < 4.78 is 0. The molecule has 0 aliphatic heterocycles. The van der Waals surface area contributed by atoms with Gasteiger partial charge in [-0.05, 0) is 30.4 Å². The van der Waals surface area contributed by atoms with Crippen LogP contribution >= 0.6 is 11.3 Å². The van der Waals surface area contributed by atoms with Crippen molar-refractivity contribution < 1.29 is 0 Å². The van der Waals surface area contributed by atoms with Crippen molar-refractivity contribution in [2.24, 2.45) is 0 Å². The molecule has 1 heterocycles. The van der Waals surface area contributed by atoms with Crippen LogP contribution in [-0.4, -0.2) is 4.98 Å². The Hall–Kier alpha value is -1.15. The van der Waals surface area contributed by atoms with Gasteiger partial charge in [0.25, 0.3) is 0 Å². The third kappa shape index (κ3) is 2.14. The number of aryl methyl sites for hydroxylation is 1. The number of rotatable bonds is 3. The molecule has 0 radical (unpaired) electrons. The fourth-order valence-electron chi connectivity index (χ4n) is 2.61. The van der Waals surface area contributed by atoms with E-state index in [2.05, 4.69) is 36.6 Å². The van der Waals surface area contributed by atoms with Gasteiger partial charge in [-0.1, -0.05) is 37.6 Å². The van der Waals surface area contributed by atoms with Gasteiger partial charge in [0.05, 0.1) is 10.7 Å². The molecule has 1 aliphatic carbocycles. The highest BCUT2D eigenvalue weighted by molar-refractivity contribution is 7.09. The van der Waals surface area contributed by atoms with E-state index in [-0.39, 0.29) is 0 Å². The Labute approximate surface area is 107 Å². The van der Waals surface area contributed by atoms with Gasteiger partial charge in [0.15, 0.2) is 0 Å². The van der Waals surface area contributed by atoms with E-state index in [1.165, 1.54) is 41.1 Å². The van der Waals surface area contributed by atoms with Gasteiger partial charge in [0.2, 0.25) is 0 Å². The van der Waals surface area contributed by atoms with Crippen LogP contribution in [0, 0.1) is 0 Å². The Morgan fingerprint density at radius 2 is 1.94 bits per heavy atom. The van der Waals surface area contributed by atoms with Crippen molar-refractivity contribution in [2.45, 2.75) is 38.5 Å². The summed E-state index contributed by atoms with van der Waals surface area (Å²) in [7, 11) is 0. The minimum Gasteiger partial charge on any atom is -0.246 e. The summed E-state index contributed by atoms with van der Waals surface area (Å²) in [6.07, 6.45) is 4.66. The number of fused-ring (bicyclic) bond motifs is 1. The molecule has 0 amide bonds. The molecular formula is C15H17NS. The predicted octanol–water partition coefficient (Wildman–Crippen LogP) is 3.98. The Kier molecular flexibility index (Phi) is 2.98. The fraction of sp³-hybridized carbons (Fsp3) is 0.400. The van der Waals surface area contributed by atoms with E-state index in [0.717, 1.165) is 6.42 Å². The van der Waals surface area contributed by atoms with Crippen molar-refractivity contribution in [3.8, 4) is 0 Å². The molecule has 3 rings (SSSR count). The first-order chi connectivity index (χ1) is 8.36. The van der Waals surface area contributed by atoms with Crippen LogP contribution in [0.4, 0.5) is 0 Å². The lowest BCUT2D eigenvalue weighted by Crippen LogP contribution is -1.97. The summed E-state index contributed by atoms with van der Waals surface area (Å²) in [5, 5.41) is 3.58. The van der Waals surface area contributed by atoms with E-state index < -0.39 is 0 Å². The third-order valence-corrected chi connectivity index (χ3v) is 4.53. The van der Waals surface area contributed by atoms with E-state index in [1.54, 1.807) is 0 Å². The van der Waals surface area contributed by atoms with E-state index in [1.807, 2.05) is 11.3 Å². The summed E-state index contributed by atoms with van der Waals surface area (Å²) in [5.74, 6) is 0.628. The van der Waals surface area contributed by atoms with Crippen LogP contribution in [0.3, 0.4) is 0 Å². The van der Waals surface area contributed by atoms with Crippen molar-refractivity contribution in [3.05, 3.63) is 51.5 Å². The largest absolute Gasteiger partial charge is 0.246 e. The average molecular weight is 243 g/mol. The van der Waals surface area contributed by atoms with E-state index in [0.29, 0.717) is 5.92 Å². The predicted molar refractivity (Wildman–Crippen MR) is 72.7 cm³/mol. The average Bonchev–Trinajstić information content (AvgIpc) is 2.94. The molecule has 0 N–H and O–H groups in total. The number of nitrogens with zero attached hydrogens (tertiary/aromatic N) is 1. The van der Waals surface area contributed by atoms with Gasteiger partial charge in [-0.3, -0.25) is 0 Å². The first-order valence-electron chi connectivity index (χ1n) is 6.38. The molecule has 0 saturated carbocycles. The van der Waals surface area contributed by atoms with Gasteiger partial charge in [-0.15, -0.1) is 11.3 Å². The van der Waals surface area contributed by atoms with Gasteiger partial charge < -0.3 is 0 Å². The quantitative estimate of drug-likeness (QED) is 0.794. The lowest BCUT2D eigenvalue weighted by molar-refractivity contribution is 0.726. The highest BCUT2D eigenvalue weighted by atomic mass is 32.1. The molecular weight excluding hydrogens is 226 g/mol. The van der Waals surface area contributed by atoms with Crippen LogP contribution in [0.1, 0.15) is 41.1 Å². The van der Waals surface area contributed by atoms with Crippen LogP contribution in [0.2, 0.25) is 0 Å². The molecule has 0 saturated heterocycles. The number of benzene rings is 1. The Bertz CT molecular complexity index is 490. The molecule has 1 aromatic heterocycles. The van der Waals surface area contributed by atoms with Gasteiger partial charge in [0.1, 0.15) is 0 Å². The summed E-state index contributed by atoms with van der Waals surface area (Å²) in [6, 6.07) is 8.81. The van der Waals surface area contributed by atoms with Crippen molar-refractivity contribution in [3.63, 3.8) is 0 Å². The van der Waals surface area contributed by atoms with Crippen molar-refractivity contribution in [2.75, 3.05) is 0 Å². The van der Waals surface area contributed by atoms with Crippen LogP contribution in [0.15, 0.2) is 29.6 Å². The maximum atomic E-state index is 4.78. The molecule has 1 aromatic carbocycles. The molecule has 0 unspecified atom stereocenters. The van der Waals surface area contributed by atoms with E-state index in [4.69, 9.17) is 4.98 Å². The first kappa shape index (κ1) is 11.0. The molecule has 0 fully saturated rings. The number of thiazole rings is 1. The number of hydrogen-bond donors (Lipinski definition) is 0.